The van der Waals surface area contributed by atoms with Crippen LogP contribution in [0.4, 0.5) is 13.2 Å². The Morgan fingerprint density at radius 1 is 1.50 bits per heavy atom. The summed E-state index contributed by atoms with van der Waals surface area (Å²) in [7, 11) is 0. The molecule has 0 aliphatic rings. The molecule has 1 heterocycles. The van der Waals surface area contributed by atoms with Gasteiger partial charge in [-0.2, -0.15) is 18.2 Å². The van der Waals surface area contributed by atoms with Crippen molar-refractivity contribution in [2.24, 2.45) is 0 Å². The van der Waals surface area contributed by atoms with Crippen molar-refractivity contribution in [3.8, 4) is 0 Å². The molecule has 1 atom stereocenters. The second kappa shape index (κ2) is 3.95. The van der Waals surface area contributed by atoms with Crippen molar-refractivity contribution in [3.63, 3.8) is 0 Å². The minimum Gasteiger partial charge on any atom is -0.385 e. The average Bonchev–Trinajstić information content (AvgIpc) is 2.47. The van der Waals surface area contributed by atoms with Gasteiger partial charge in [-0.15, -0.1) is 0 Å². The van der Waals surface area contributed by atoms with Crippen molar-refractivity contribution in [1.29, 1.82) is 0 Å². The van der Waals surface area contributed by atoms with E-state index in [0.717, 1.165) is 0 Å². The van der Waals surface area contributed by atoms with E-state index in [2.05, 4.69) is 14.7 Å². The number of halogens is 3. The number of rotatable bonds is 3. The van der Waals surface area contributed by atoms with E-state index in [-0.39, 0.29) is 18.1 Å². The number of aromatic nitrogens is 2. The van der Waals surface area contributed by atoms with Crippen molar-refractivity contribution in [1.82, 2.24) is 10.1 Å². The molecule has 1 aromatic rings. The Kier molecular flexibility index (Phi) is 3.10. The van der Waals surface area contributed by atoms with Crippen LogP contribution in [-0.4, -0.2) is 21.4 Å². The highest BCUT2D eigenvalue weighted by molar-refractivity contribution is 4.89. The monoisotopic (exact) mass is 210 g/mol. The smallest absolute Gasteiger partial charge is 0.385 e. The van der Waals surface area contributed by atoms with E-state index < -0.39 is 18.7 Å². The Balaban J connectivity index is 2.52. The predicted octanol–water partition coefficient (Wildman–Crippen LogP) is 1.62. The molecule has 14 heavy (non-hydrogen) atoms. The normalized spacial score (nSPS) is 14.4. The summed E-state index contributed by atoms with van der Waals surface area (Å²) < 4.78 is 39.8. The third kappa shape index (κ3) is 3.33. The van der Waals surface area contributed by atoms with Gasteiger partial charge in [0.1, 0.15) is 6.10 Å². The van der Waals surface area contributed by atoms with Crippen LogP contribution in [0.5, 0.6) is 0 Å². The largest absolute Gasteiger partial charge is 0.389 e. The second-order valence-electron chi connectivity index (χ2n) is 2.84. The number of aliphatic hydroxyl groups is 1. The van der Waals surface area contributed by atoms with Crippen LogP contribution in [0, 0.1) is 0 Å². The molecule has 0 aliphatic carbocycles. The molecule has 0 bridgehead atoms. The lowest BCUT2D eigenvalue weighted by molar-refractivity contribution is -0.134. The van der Waals surface area contributed by atoms with Crippen LogP contribution in [0.15, 0.2) is 4.52 Å². The first-order valence-corrected chi connectivity index (χ1v) is 3.96. The fraction of sp³-hybridized carbons (Fsp3) is 0.714. The van der Waals surface area contributed by atoms with Gasteiger partial charge in [-0.25, -0.2) is 0 Å². The Bertz CT molecular complexity index is 295. The molecule has 1 N–H and O–H groups in total. The molecule has 80 valence electrons. The lowest BCUT2D eigenvalue weighted by atomic mass is 10.3. The first-order valence-electron chi connectivity index (χ1n) is 3.96. The third-order valence-electron chi connectivity index (χ3n) is 1.48. The first kappa shape index (κ1) is 11.0. The van der Waals surface area contributed by atoms with Crippen LogP contribution in [0.25, 0.3) is 0 Å². The molecule has 0 aromatic carbocycles. The topological polar surface area (TPSA) is 59.2 Å². The van der Waals surface area contributed by atoms with Crippen LogP contribution < -0.4 is 0 Å². The summed E-state index contributed by atoms with van der Waals surface area (Å²) in [6.45, 7) is 1.40. The zero-order valence-electron chi connectivity index (χ0n) is 7.38. The fourth-order valence-electron chi connectivity index (χ4n) is 0.788. The highest BCUT2D eigenvalue weighted by Gasteiger charge is 2.28. The van der Waals surface area contributed by atoms with Crippen molar-refractivity contribution in [2.75, 3.05) is 0 Å². The first-order chi connectivity index (χ1) is 6.38. The number of alkyl halides is 3. The van der Waals surface area contributed by atoms with Gasteiger partial charge >= 0.3 is 6.18 Å². The predicted molar refractivity (Wildman–Crippen MR) is 39.3 cm³/mol. The average molecular weight is 210 g/mol. The highest BCUT2D eigenvalue weighted by Crippen LogP contribution is 2.21. The van der Waals surface area contributed by atoms with Crippen LogP contribution >= 0.6 is 0 Å². The number of aryl methyl sites for hydroxylation is 1. The van der Waals surface area contributed by atoms with E-state index in [9.17, 15) is 13.2 Å². The van der Waals surface area contributed by atoms with Gasteiger partial charge in [0.25, 0.3) is 0 Å². The van der Waals surface area contributed by atoms with E-state index in [1.165, 1.54) is 6.92 Å². The molecule has 0 aliphatic heterocycles. The van der Waals surface area contributed by atoms with Crippen LogP contribution in [0.3, 0.4) is 0 Å². The zero-order chi connectivity index (χ0) is 10.8. The minimum atomic E-state index is -4.24. The van der Waals surface area contributed by atoms with Crippen LogP contribution in [0.2, 0.25) is 0 Å². The quantitative estimate of drug-likeness (QED) is 0.823. The molecule has 0 saturated heterocycles. The van der Waals surface area contributed by atoms with Crippen molar-refractivity contribution in [3.05, 3.63) is 11.7 Å². The molecule has 4 nitrogen and oxygen atoms in total. The van der Waals surface area contributed by atoms with E-state index in [1.807, 2.05) is 0 Å². The molecule has 0 spiro atoms. The van der Waals surface area contributed by atoms with Gasteiger partial charge in [-0.3, -0.25) is 0 Å². The van der Waals surface area contributed by atoms with Gasteiger partial charge in [-0.05, 0) is 6.92 Å². The Morgan fingerprint density at radius 2 is 2.14 bits per heavy atom. The van der Waals surface area contributed by atoms with E-state index in [4.69, 9.17) is 5.11 Å². The van der Waals surface area contributed by atoms with Crippen molar-refractivity contribution >= 4 is 0 Å². The zero-order valence-corrected chi connectivity index (χ0v) is 7.38. The molecule has 0 fully saturated rings. The van der Waals surface area contributed by atoms with Crippen LogP contribution in [-0.2, 0) is 6.42 Å². The standard InChI is InChI=1S/C7H9F3N2O2/c1-4(13)6-11-5(14-12-6)2-3-7(8,9)10/h4,13H,2-3H2,1H3. The molecular formula is C7H9F3N2O2. The maximum Gasteiger partial charge on any atom is 0.389 e. The summed E-state index contributed by atoms with van der Waals surface area (Å²) in [4.78, 5) is 3.59. The molecule has 0 amide bonds. The van der Waals surface area contributed by atoms with E-state index in [1.54, 1.807) is 0 Å². The summed E-state index contributed by atoms with van der Waals surface area (Å²) in [6.07, 6.45) is -6.53. The van der Waals surface area contributed by atoms with Gasteiger partial charge in [0.15, 0.2) is 5.82 Å². The summed E-state index contributed by atoms with van der Waals surface area (Å²) in [6, 6.07) is 0. The van der Waals surface area contributed by atoms with Crippen LogP contribution in [0.1, 0.15) is 31.2 Å². The summed E-state index contributed by atoms with van der Waals surface area (Å²) >= 11 is 0. The molecule has 1 unspecified atom stereocenters. The number of hydrogen-bond acceptors (Lipinski definition) is 4. The summed E-state index contributed by atoms with van der Waals surface area (Å²) in [5.74, 6) is -0.111. The molecular weight excluding hydrogens is 201 g/mol. The minimum absolute atomic E-state index is 0.00201. The second-order valence-corrected chi connectivity index (χ2v) is 2.84. The number of aliphatic hydroxyl groups excluding tert-OH is 1. The molecule has 0 radical (unpaired) electrons. The summed E-state index contributed by atoms with van der Waals surface area (Å²) in [5, 5.41) is 12.3. The molecule has 1 aromatic heterocycles. The Hall–Kier alpha value is -1.11. The van der Waals surface area contributed by atoms with E-state index in [0.29, 0.717) is 0 Å². The van der Waals surface area contributed by atoms with Gasteiger partial charge in [0, 0.05) is 6.42 Å². The summed E-state index contributed by atoms with van der Waals surface area (Å²) in [5.41, 5.74) is 0. The maximum atomic E-state index is 11.8. The molecule has 1 rings (SSSR count). The SMILES string of the molecule is CC(O)c1noc(CCC(F)(F)F)n1. The van der Waals surface area contributed by atoms with Crippen molar-refractivity contribution < 1.29 is 22.8 Å². The Labute approximate surface area is 77.7 Å². The van der Waals surface area contributed by atoms with Gasteiger partial charge in [-0.1, -0.05) is 5.16 Å². The van der Waals surface area contributed by atoms with Crippen molar-refractivity contribution in [2.45, 2.75) is 32.0 Å². The Morgan fingerprint density at radius 3 is 2.57 bits per heavy atom. The maximum absolute atomic E-state index is 11.8. The lowest BCUT2D eigenvalue weighted by Gasteiger charge is -2.01. The highest BCUT2D eigenvalue weighted by atomic mass is 19.4. The number of nitrogens with zero attached hydrogens (tertiary/aromatic N) is 2. The molecule has 7 heteroatoms. The fourth-order valence-corrected chi connectivity index (χ4v) is 0.788. The van der Waals surface area contributed by atoms with Gasteiger partial charge in [0.05, 0.1) is 6.42 Å². The van der Waals surface area contributed by atoms with E-state index >= 15 is 0 Å². The van der Waals surface area contributed by atoms with Gasteiger partial charge < -0.3 is 9.63 Å². The third-order valence-corrected chi connectivity index (χ3v) is 1.48. The molecule has 0 saturated carbocycles. The lowest BCUT2D eigenvalue weighted by Crippen LogP contribution is -2.08. The van der Waals surface area contributed by atoms with Gasteiger partial charge in [0.2, 0.25) is 5.89 Å². The number of hydrogen-bond donors (Lipinski definition) is 1.